The van der Waals surface area contributed by atoms with Crippen molar-refractivity contribution in [2.45, 2.75) is 51.1 Å². The van der Waals surface area contributed by atoms with Crippen LogP contribution in [0.25, 0.3) is 0 Å². The van der Waals surface area contributed by atoms with Crippen LogP contribution in [-0.4, -0.2) is 57.6 Å². The van der Waals surface area contributed by atoms with Gasteiger partial charge in [0.1, 0.15) is 11.8 Å². The average molecular weight is 549 g/mol. The Hall–Kier alpha value is -3.35. The summed E-state index contributed by atoms with van der Waals surface area (Å²) >= 11 is 6.19. The van der Waals surface area contributed by atoms with Crippen molar-refractivity contribution in [3.63, 3.8) is 0 Å². The molecule has 1 amide bonds. The summed E-state index contributed by atoms with van der Waals surface area (Å²) in [5, 5.41) is 20.7. The monoisotopic (exact) mass is 548 g/mol. The van der Waals surface area contributed by atoms with Crippen LogP contribution >= 0.6 is 11.6 Å². The quantitative estimate of drug-likeness (QED) is 0.337. The first kappa shape index (κ1) is 28.7. The van der Waals surface area contributed by atoms with E-state index < -0.39 is 12.0 Å². The zero-order valence-electron chi connectivity index (χ0n) is 22.6. The van der Waals surface area contributed by atoms with Crippen LogP contribution in [-0.2, 0) is 28.0 Å². The summed E-state index contributed by atoms with van der Waals surface area (Å²) in [5.74, 6) is -0.622. The molecule has 206 valence electrons. The first-order valence-corrected chi connectivity index (χ1v) is 13.9. The highest BCUT2D eigenvalue weighted by Crippen LogP contribution is 2.40. The second-order valence-corrected chi connectivity index (χ2v) is 11.3. The number of aliphatic carboxylic acids is 1. The Morgan fingerprint density at radius 3 is 2.44 bits per heavy atom. The second kappa shape index (κ2) is 12.7. The van der Waals surface area contributed by atoms with Crippen LogP contribution in [0.15, 0.2) is 78.9 Å². The number of halogens is 1. The van der Waals surface area contributed by atoms with Crippen LogP contribution in [0.5, 0.6) is 5.75 Å². The Morgan fingerprint density at radius 2 is 1.77 bits per heavy atom. The van der Waals surface area contributed by atoms with Crippen LogP contribution in [0.4, 0.5) is 0 Å². The van der Waals surface area contributed by atoms with Crippen LogP contribution in [0.2, 0.25) is 5.02 Å². The molecule has 2 N–H and O–H groups in total. The van der Waals surface area contributed by atoms with E-state index in [1.54, 1.807) is 18.2 Å². The molecule has 3 aromatic carbocycles. The third kappa shape index (κ3) is 7.20. The molecule has 39 heavy (non-hydrogen) atoms. The number of phenolic OH excluding ortho intramolecular Hbond substituents is 1. The average Bonchev–Trinajstić information content (AvgIpc) is 2.91. The highest BCUT2D eigenvalue weighted by Gasteiger charge is 2.38. The molecule has 1 aliphatic heterocycles. The van der Waals surface area contributed by atoms with Gasteiger partial charge in [0.05, 0.1) is 0 Å². The van der Waals surface area contributed by atoms with E-state index in [9.17, 15) is 19.8 Å². The molecule has 0 spiro atoms. The van der Waals surface area contributed by atoms with Crippen LogP contribution < -0.4 is 0 Å². The van der Waals surface area contributed by atoms with Crippen molar-refractivity contribution in [3.8, 4) is 5.75 Å². The number of rotatable bonds is 10. The standard InChI is InChI=1S/C32H37ClN2O4/c1-23-21-34(17-15-32(23,2)26-11-7-13-28(36)20-26)16-14-30(37)35(22-25-10-6-12-27(33)18-25)29(31(38)39)19-24-8-4-3-5-9-24/h3-13,18,20,23,29,36H,14-17,19,21-22H2,1-2H3,(H,38,39)/t23-,29-,32+/m0/s1. The van der Waals surface area contributed by atoms with E-state index in [2.05, 4.69) is 24.8 Å². The Balaban J connectivity index is 1.47. The van der Waals surface area contributed by atoms with Gasteiger partial charge < -0.3 is 20.0 Å². The Labute approximate surface area is 235 Å². The summed E-state index contributed by atoms with van der Waals surface area (Å²) < 4.78 is 0. The van der Waals surface area contributed by atoms with Gasteiger partial charge in [-0.1, -0.05) is 80.0 Å². The minimum atomic E-state index is -1.03. The van der Waals surface area contributed by atoms with E-state index in [4.69, 9.17) is 11.6 Å². The van der Waals surface area contributed by atoms with Crippen molar-refractivity contribution in [1.82, 2.24) is 9.80 Å². The topological polar surface area (TPSA) is 81.1 Å². The molecule has 0 unspecified atom stereocenters. The molecule has 1 aliphatic rings. The third-order valence-corrected chi connectivity index (χ3v) is 8.45. The lowest BCUT2D eigenvalue weighted by Crippen LogP contribution is -2.49. The number of phenols is 1. The number of carbonyl (C=O) groups excluding carboxylic acids is 1. The fourth-order valence-electron chi connectivity index (χ4n) is 5.58. The molecule has 0 aliphatic carbocycles. The summed E-state index contributed by atoms with van der Waals surface area (Å²) in [6.07, 6.45) is 1.37. The van der Waals surface area contributed by atoms with Crippen molar-refractivity contribution in [1.29, 1.82) is 0 Å². The number of amides is 1. The highest BCUT2D eigenvalue weighted by molar-refractivity contribution is 6.30. The van der Waals surface area contributed by atoms with Crippen molar-refractivity contribution >= 4 is 23.5 Å². The fraction of sp³-hybridized carbons (Fsp3) is 0.375. The number of hydrogen-bond acceptors (Lipinski definition) is 4. The van der Waals surface area contributed by atoms with Gasteiger partial charge in [-0.2, -0.15) is 0 Å². The molecule has 3 atom stereocenters. The number of piperidine rings is 1. The van der Waals surface area contributed by atoms with E-state index in [0.29, 0.717) is 17.5 Å². The number of carbonyl (C=O) groups is 2. The maximum Gasteiger partial charge on any atom is 0.326 e. The van der Waals surface area contributed by atoms with E-state index in [1.165, 1.54) is 4.90 Å². The van der Waals surface area contributed by atoms with Crippen LogP contribution in [0.3, 0.4) is 0 Å². The molecule has 0 bridgehead atoms. The number of benzene rings is 3. The molecular formula is C32H37ClN2O4. The number of aromatic hydroxyl groups is 1. The van der Waals surface area contributed by atoms with Gasteiger partial charge in [0.25, 0.3) is 0 Å². The number of nitrogens with zero attached hydrogens (tertiary/aromatic N) is 2. The summed E-state index contributed by atoms with van der Waals surface area (Å²) in [7, 11) is 0. The molecule has 1 saturated heterocycles. The lowest BCUT2D eigenvalue weighted by molar-refractivity contribution is -0.151. The number of carboxylic acids is 1. The van der Waals surface area contributed by atoms with Gasteiger partial charge in [-0.05, 0) is 65.3 Å². The first-order valence-electron chi connectivity index (χ1n) is 13.5. The molecule has 6 nitrogen and oxygen atoms in total. The summed E-state index contributed by atoms with van der Waals surface area (Å²) in [6, 6.07) is 23.1. The minimum absolute atomic E-state index is 0.0675. The van der Waals surface area contributed by atoms with Gasteiger partial charge >= 0.3 is 5.97 Å². The van der Waals surface area contributed by atoms with Gasteiger partial charge in [0, 0.05) is 37.5 Å². The first-order chi connectivity index (χ1) is 18.7. The SMILES string of the molecule is C[C@H]1CN(CCC(=O)N(Cc2cccc(Cl)c2)[C@@H](Cc2ccccc2)C(=O)O)CC[C@@]1(C)c1cccc(O)c1. The maximum absolute atomic E-state index is 13.7. The molecular weight excluding hydrogens is 512 g/mol. The largest absolute Gasteiger partial charge is 0.508 e. The molecule has 0 aromatic heterocycles. The Bertz CT molecular complexity index is 1280. The fourth-order valence-corrected chi connectivity index (χ4v) is 5.79. The minimum Gasteiger partial charge on any atom is -0.508 e. The number of likely N-dealkylation sites (tertiary alicyclic amines) is 1. The van der Waals surface area contributed by atoms with Gasteiger partial charge in [-0.3, -0.25) is 4.79 Å². The van der Waals surface area contributed by atoms with E-state index >= 15 is 0 Å². The van der Waals surface area contributed by atoms with Crippen molar-refractivity contribution in [2.24, 2.45) is 5.92 Å². The Morgan fingerprint density at radius 1 is 1.05 bits per heavy atom. The number of carboxylic acid groups (broad SMARTS) is 1. The molecule has 7 heteroatoms. The molecule has 0 radical (unpaired) electrons. The predicted octanol–water partition coefficient (Wildman–Crippen LogP) is 5.76. The smallest absolute Gasteiger partial charge is 0.326 e. The van der Waals surface area contributed by atoms with Crippen molar-refractivity contribution in [2.75, 3.05) is 19.6 Å². The third-order valence-electron chi connectivity index (χ3n) is 8.21. The Kier molecular flexibility index (Phi) is 9.31. The van der Waals surface area contributed by atoms with Crippen molar-refractivity contribution < 1.29 is 19.8 Å². The summed E-state index contributed by atoms with van der Waals surface area (Å²) in [6.45, 7) is 6.83. The normalized spacial score (nSPS) is 20.3. The van der Waals surface area contributed by atoms with Gasteiger partial charge in [-0.15, -0.1) is 0 Å². The van der Waals surface area contributed by atoms with Crippen molar-refractivity contribution in [3.05, 3.63) is 101 Å². The predicted molar refractivity (Wildman–Crippen MR) is 154 cm³/mol. The second-order valence-electron chi connectivity index (χ2n) is 10.9. The van der Waals surface area contributed by atoms with Crippen LogP contribution in [0.1, 0.15) is 43.4 Å². The zero-order chi connectivity index (χ0) is 28.0. The molecule has 1 heterocycles. The lowest BCUT2D eigenvalue weighted by Gasteiger charge is -2.45. The van der Waals surface area contributed by atoms with Crippen LogP contribution in [0, 0.1) is 5.92 Å². The summed E-state index contributed by atoms with van der Waals surface area (Å²) in [5.41, 5.74) is 2.72. The molecule has 3 aromatic rings. The van der Waals surface area contributed by atoms with Gasteiger partial charge in [-0.25, -0.2) is 4.79 Å². The highest BCUT2D eigenvalue weighted by atomic mass is 35.5. The lowest BCUT2D eigenvalue weighted by atomic mass is 9.68. The zero-order valence-corrected chi connectivity index (χ0v) is 23.3. The number of hydrogen-bond donors (Lipinski definition) is 2. The molecule has 1 fully saturated rings. The summed E-state index contributed by atoms with van der Waals surface area (Å²) in [4.78, 5) is 29.9. The van der Waals surface area contributed by atoms with E-state index in [1.807, 2.05) is 54.6 Å². The van der Waals surface area contributed by atoms with Gasteiger partial charge in [0.2, 0.25) is 5.91 Å². The van der Waals surface area contributed by atoms with E-state index in [-0.39, 0.29) is 36.5 Å². The molecule has 4 rings (SSSR count). The molecule has 0 saturated carbocycles. The van der Waals surface area contributed by atoms with Gasteiger partial charge in [0.15, 0.2) is 0 Å². The maximum atomic E-state index is 13.7. The van der Waals surface area contributed by atoms with E-state index in [0.717, 1.165) is 36.2 Å².